The van der Waals surface area contributed by atoms with Crippen molar-refractivity contribution >= 4 is 29.9 Å². The highest BCUT2D eigenvalue weighted by Crippen LogP contribution is 2.65. The number of halogens is 1. The number of Topliss-reactive ketones (excluding diaryl/α,β-unsaturated/α-hetero) is 1. The van der Waals surface area contributed by atoms with Crippen LogP contribution in [0.5, 0.6) is 0 Å². The molecule has 0 spiro atoms. The van der Waals surface area contributed by atoms with Crippen LogP contribution in [0.1, 0.15) is 71.6 Å². The number of rotatable bonds is 3. The molecule has 6 nitrogen and oxygen atoms in total. The Labute approximate surface area is 179 Å². The van der Waals surface area contributed by atoms with Crippen LogP contribution in [0.25, 0.3) is 0 Å². The summed E-state index contributed by atoms with van der Waals surface area (Å²) in [5, 5.41) is 13.6. The fourth-order valence-electron chi connectivity index (χ4n) is 7.38. The summed E-state index contributed by atoms with van der Waals surface area (Å²) in [6, 6.07) is 0. The molecule has 3 N–H and O–H groups in total. The van der Waals surface area contributed by atoms with E-state index in [0.29, 0.717) is 36.5 Å². The number of carbonyl (C=O) groups is 2. The smallest absolute Gasteiger partial charge is 0.307 e. The second-order valence-electron chi connectivity index (χ2n) is 10.1. The van der Waals surface area contributed by atoms with Crippen LogP contribution in [0.3, 0.4) is 0 Å². The summed E-state index contributed by atoms with van der Waals surface area (Å²) in [6.45, 7) is 4.82. The van der Waals surface area contributed by atoms with E-state index in [1.165, 1.54) is 0 Å². The van der Waals surface area contributed by atoms with Gasteiger partial charge in [0.05, 0.1) is 12.1 Å². The van der Waals surface area contributed by atoms with Gasteiger partial charge in [0, 0.05) is 24.3 Å². The van der Waals surface area contributed by atoms with Gasteiger partial charge in [-0.25, -0.2) is 0 Å². The van der Waals surface area contributed by atoms with Gasteiger partial charge in [-0.3, -0.25) is 9.59 Å². The van der Waals surface area contributed by atoms with E-state index in [1.54, 1.807) is 0 Å². The molecule has 29 heavy (non-hydrogen) atoms. The fraction of sp³-hybridized carbons (Fsp3) is 0.864. The monoisotopic (exact) mass is 426 g/mol. The lowest BCUT2D eigenvalue weighted by Gasteiger charge is -2.60. The number of ether oxygens (including phenoxy) is 1. The average molecular weight is 427 g/mol. The molecule has 4 aliphatic carbocycles. The molecular weight excluding hydrogens is 392 g/mol. The Kier molecular flexibility index (Phi) is 6.36. The molecule has 0 bridgehead atoms. The zero-order valence-electron chi connectivity index (χ0n) is 17.6. The Morgan fingerprint density at radius 1 is 1.24 bits per heavy atom. The van der Waals surface area contributed by atoms with Crippen molar-refractivity contribution in [2.45, 2.75) is 77.7 Å². The summed E-state index contributed by atoms with van der Waals surface area (Å²) in [5.74, 6) is 1.73. The highest BCUT2D eigenvalue weighted by molar-refractivity contribution is 5.90. The molecule has 0 saturated heterocycles. The van der Waals surface area contributed by atoms with Crippen LogP contribution in [0, 0.1) is 34.5 Å². The van der Waals surface area contributed by atoms with Crippen molar-refractivity contribution in [3.8, 4) is 0 Å². The van der Waals surface area contributed by atoms with Crippen molar-refractivity contribution in [2.75, 3.05) is 6.54 Å². The van der Waals surface area contributed by atoms with Gasteiger partial charge in [-0.15, -0.1) is 12.4 Å². The lowest BCUT2D eigenvalue weighted by molar-refractivity contribution is -0.155. The molecule has 0 amide bonds. The van der Waals surface area contributed by atoms with E-state index < -0.39 is 0 Å². The second-order valence-corrected chi connectivity index (χ2v) is 10.1. The molecule has 0 radical (unpaired) electrons. The molecule has 4 rings (SSSR count). The van der Waals surface area contributed by atoms with E-state index in [2.05, 4.69) is 19.0 Å². The summed E-state index contributed by atoms with van der Waals surface area (Å²) >= 11 is 0. The molecule has 4 aliphatic rings. The predicted octanol–water partition coefficient (Wildman–Crippen LogP) is 3.72. The summed E-state index contributed by atoms with van der Waals surface area (Å²) in [5.41, 5.74) is 6.19. The quantitative estimate of drug-likeness (QED) is 0.406. The van der Waals surface area contributed by atoms with Crippen LogP contribution >= 0.6 is 12.4 Å². The molecule has 164 valence electrons. The highest BCUT2D eigenvalue weighted by Gasteiger charge is 2.62. The van der Waals surface area contributed by atoms with Crippen molar-refractivity contribution in [1.82, 2.24) is 0 Å². The van der Waals surface area contributed by atoms with Crippen LogP contribution in [-0.4, -0.2) is 35.3 Å². The van der Waals surface area contributed by atoms with Crippen molar-refractivity contribution in [1.29, 1.82) is 0 Å². The lowest BCUT2D eigenvalue weighted by atomic mass is 9.44. The first kappa shape index (κ1) is 22.5. The van der Waals surface area contributed by atoms with Crippen molar-refractivity contribution < 1.29 is 19.5 Å². The molecule has 0 aromatic heterocycles. The highest BCUT2D eigenvalue weighted by atomic mass is 35.5. The first-order chi connectivity index (χ1) is 13.3. The molecule has 0 aliphatic heterocycles. The van der Waals surface area contributed by atoms with E-state index in [1.807, 2.05) is 0 Å². The zero-order valence-corrected chi connectivity index (χ0v) is 18.4. The number of nitrogens with zero attached hydrogens (tertiary/aromatic N) is 1. The number of hydrogen-bond acceptors (Lipinski definition) is 6. The minimum absolute atomic E-state index is 0. The number of ketones is 1. The standard InChI is InChI=1S/C22H34N2O4.ClH/c1-21-8-5-13(28-20(26)7-10-23)11-17(21)18(24-27)12-14-15-3-4-19(25)22(15,2)9-6-16(14)21;/h13-17,27H,3-12,23H2,1-2H3;1H/b24-18-;/t13?,14-,15-,16+,17?,21+,22-;/m0./s1. The molecule has 4 saturated carbocycles. The minimum atomic E-state index is -0.231. The number of hydrogen-bond donors (Lipinski definition) is 2. The zero-order chi connectivity index (χ0) is 20.1. The van der Waals surface area contributed by atoms with Crippen LogP contribution in [-0.2, 0) is 14.3 Å². The van der Waals surface area contributed by atoms with Gasteiger partial charge in [0.1, 0.15) is 11.9 Å². The molecular formula is C22H35ClN2O4. The molecule has 0 aromatic carbocycles. The van der Waals surface area contributed by atoms with Gasteiger partial charge in [0.2, 0.25) is 0 Å². The number of fused-ring (bicyclic) bond motifs is 5. The first-order valence-electron chi connectivity index (χ1n) is 11.0. The Morgan fingerprint density at radius 2 is 2.00 bits per heavy atom. The van der Waals surface area contributed by atoms with E-state index in [-0.39, 0.29) is 47.6 Å². The molecule has 2 unspecified atom stereocenters. The molecule has 0 aromatic rings. The molecule has 7 atom stereocenters. The first-order valence-corrected chi connectivity index (χ1v) is 11.0. The van der Waals surface area contributed by atoms with Crippen molar-refractivity contribution in [3.05, 3.63) is 0 Å². The third-order valence-corrected chi connectivity index (χ3v) is 8.91. The van der Waals surface area contributed by atoms with E-state index in [9.17, 15) is 14.8 Å². The Hall–Kier alpha value is -1.14. The van der Waals surface area contributed by atoms with Crippen molar-refractivity contribution in [2.24, 2.45) is 45.4 Å². The number of oxime groups is 1. The molecule has 0 heterocycles. The SMILES string of the molecule is C[C@]12CCC(OC(=O)CCN)CC1/C(=N\O)C[C@@H]1[C@H]2CC[C@]2(C)C(=O)CC[C@@H]12.Cl. The molecule has 7 heteroatoms. The van der Waals surface area contributed by atoms with E-state index in [4.69, 9.17) is 10.5 Å². The van der Waals surface area contributed by atoms with E-state index in [0.717, 1.165) is 50.7 Å². The third kappa shape index (κ3) is 3.50. The van der Waals surface area contributed by atoms with Gasteiger partial charge < -0.3 is 15.7 Å². The average Bonchev–Trinajstić information content (AvgIpc) is 2.97. The maximum absolute atomic E-state index is 12.6. The van der Waals surface area contributed by atoms with Crippen LogP contribution < -0.4 is 5.73 Å². The van der Waals surface area contributed by atoms with Crippen LogP contribution in [0.2, 0.25) is 0 Å². The summed E-state index contributed by atoms with van der Waals surface area (Å²) in [4.78, 5) is 24.5. The molecule has 4 fully saturated rings. The Morgan fingerprint density at radius 3 is 2.69 bits per heavy atom. The largest absolute Gasteiger partial charge is 0.462 e. The van der Waals surface area contributed by atoms with Gasteiger partial charge in [0.25, 0.3) is 0 Å². The predicted molar refractivity (Wildman–Crippen MR) is 112 cm³/mol. The van der Waals surface area contributed by atoms with Crippen molar-refractivity contribution in [3.63, 3.8) is 0 Å². The van der Waals surface area contributed by atoms with Gasteiger partial charge in [-0.1, -0.05) is 19.0 Å². The maximum Gasteiger partial charge on any atom is 0.307 e. The second kappa shape index (κ2) is 8.18. The maximum atomic E-state index is 12.6. The summed E-state index contributed by atoms with van der Waals surface area (Å²) in [6.07, 6.45) is 7.21. The fourth-order valence-corrected chi connectivity index (χ4v) is 7.38. The number of esters is 1. The van der Waals surface area contributed by atoms with Crippen LogP contribution in [0.15, 0.2) is 5.16 Å². The van der Waals surface area contributed by atoms with Gasteiger partial charge in [-0.05, 0) is 68.1 Å². The Bertz CT molecular complexity index is 698. The van der Waals surface area contributed by atoms with E-state index >= 15 is 0 Å². The summed E-state index contributed by atoms with van der Waals surface area (Å²) < 4.78 is 5.65. The third-order valence-electron chi connectivity index (χ3n) is 8.91. The van der Waals surface area contributed by atoms with Crippen LogP contribution in [0.4, 0.5) is 0 Å². The van der Waals surface area contributed by atoms with Gasteiger partial charge >= 0.3 is 5.97 Å². The normalized spacial score (nSPS) is 45.0. The lowest BCUT2D eigenvalue weighted by Crippen LogP contribution is -2.57. The summed E-state index contributed by atoms with van der Waals surface area (Å²) in [7, 11) is 0. The van der Waals surface area contributed by atoms with Gasteiger partial charge in [-0.2, -0.15) is 0 Å². The number of carbonyl (C=O) groups excluding carboxylic acids is 2. The number of nitrogens with two attached hydrogens (primary N) is 1. The Balaban J connectivity index is 0.00000240. The minimum Gasteiger partial charge on any atom is -0.462 e. The van der Waals surface area contributed by atoms with Gasteiger partial charge in [0.15, 0.2) is 0 Å². The topological polar surface area (TPSA) is 102 Å².